The molecule has 0 aliphatic carbocycles. The molecular weight excluding hydrogens is 263 g/mol. The molecule has 0 bridgehead atoms. The first-order valence-electron chi connectivity index (χ1n) is 6.19. The Kier molecular flexibility index (Phi) is 4.38. The molecule has 0 aliphatic rings. The molecule has 2 aromatic rings. The minimum Gasteiger partial charge on any atom is -0.381 e. The minimum absolute atomic E-state index is 0.110. The molecule has 100 valence electrons. The number of anilines is 1. The summed E-state index contributed by atoms with van der Waals surface area (Å²) in [6.45, 7) is 3.91. The molecule has 0 saturated heterocycles. The zero-order chi connectivity index (χ0) is 13.8. The van der Waals surface area contributed by atoms with Crippen LogP contribution in [0.2, 0.25) is 5.15 Å². The molecule has 1 aromatic carbocycles. The van der Waals surface area contributed by atoms with Crippen LogP contribution in [0.25, 0.3) is 0 Å². The Bertz CT molecular complexity index is 572. The predicted octanol–water partition coefficient (Wildman–Crippen LogP) is 4.23. The predicted molar refractivity (Wildman–Crippen MR) is 77.2 cm³/mol. The van der Waals surface area contributed by atoms with Crippen molar-refractivity contribution >= 4 is 17.3 Å². The third-order valence-corrected chi connectivity index (χ3v) is 3.15. The van der Waals surface area contributed by atoms with Gasteiger partial charge in [0.1, 0.15) is 11.0 Å². The Labute approximate surface area is 117 Å². The van der Waals surface area contributed by atoms with Gasteiger partial charge in [-0.3, -0.25) is 0 Å². The number of aromatic nitrogens is 1. The second-order valence-electron chi connectivity index (χ2n) is 4.61. The second-order valence-corrected chi connectivity index (χ2v) is 5.00. The first kappa shape index (κ1) is 13.8. The summed E-state index contributed by atoms with van der Waals surface area (Å²) in [5.41, 5.74) is 2.48. The molecule has 4 heteroatoms. The number of nitrogens with one attached hydrogen (secondary N) is 1. The molecule has 0 amide bonds. The number of aryl methyl sites for hydroxylation is 1. The van der Waals surface area contributed by atoms with Gasteiger partial charge in [0, 0.05) is 6.04 Å². The Morgan fingerprint density at radius 3 is 2.68 bits per heavy atom. The maximum atomic E-state index is 13.6. The van der Waals surface area contributed by atoms with Gasteiger partial charge in [-0.25, -0.2) is 9.37 Å². The maximum Gasteiger partial charge on any atom is 0.129 e. The van der Waals surface area contributed by atoms with Crippen molar-refractivity contribution in [1.29, 1.82) is 0 Å². The lowest BCUT2D eigenvalue weighted by atomic mass is 10.1. The molecule has 1 N–H and O–H groups in total. The fourth-order valence-electron chi connectivity index (χ4n) is 1.99. The standard InChI is InChI=1S/C15H16ClFN2/c1-10(9-12-5-3-4-6-13(12)17)18-14-7-8-15(16)19-11(14)2/h3-8,10,18H,9H2,1-2H3. The van der Waals surface area contributed by atoms with Crippen molar-refractivity contribution in [2.75, 3.05) is 5.32 Å². The Hall–Kier alpha value is -1.61. The molecule has 2 rings (SSSR count). The summed E-state index contributed by atoms with van der Waals surface area (Å²) in [6.07, 6.45) is 0.620. The third-order valence-electron chi connectivity index (χ3n) is 2.94. The summed E-state index contributed by atoms with van der Waals surface area (Å²) in [7, 11) is 0. The van der Waals surface area contributed by atoms with Gasteiger partial charge in [-0.05, 0) is 44.0 Å². The number of hydrogen-bond acceptors (Lipinski definition) is 2. The summed E-state index contributed by atoms with van der Waals surface area (Å²) in [5.74, 6) is -0.165. The van der Waals surface area contributed by atoms with Gasteiger partial charge in [-0.2, -0.15) is 0 Å². The summed E-state index contributed by atoms with van der Waals surface area (Å²) in [5, 5.41) is 3.80. The second kappa shape index (κ2) is 6.02. The number of halogens is 2. The molecule has 1 aromatic heterocycles. The SMILES string of the molecule is Cc1nc(Cl)ccc1NC(C)Cc1ccccc1F. The highest BCUT2D eigenvalue weighted by molar-refractivity contribution is 6.29. The lowest BCUT2D eigenvalue weighted by molar-refractivity contribution is 0.601. The average molecular weight is 279 g/mol. The van der Waals surface area contributed by atoms with E-state index < -0.39 is 0 Å². The van der Waals surface area contributed by atoms with E-state index in [4.69, 9.17) is 11.6 Å². The molecule has 1 heterocycles. The molecular formula is C15H16ClFN2. The Balaban J connectivity index is 2.05. The summed E-state index contributed by atoms with van der Waals surface area (Å²) in [4.78, 5) is 4.18. The largest absolute Gasteiger partial charge is 0.381 e. The number of pyridine rings is 1. The molecule has 2 nitrogen and oxygen atoms in total. The highest BCUT2D eigenvalue weighted by Gasteiger charge is 2.09. The van der Waals surface area contributed by atoms with Crippen LogP contribution in [-0.4, -0.2) is 11.0 Å². The molecule has 19 heavy (non-hydrogen) atoms. The number of hydrogen-bond donors (Lipinski definition) is 1. The lowest BCUT2D eigenvalue weighted by Crippen LogP contribution is -2.19. The van der Waals surface area contributed by atoms with Crippen molar-refractivity contribution in [2.24, 2.45) is 0 Å². The molecule has 0 spiro atoms. The van der Waals surface area contributed by atoms with Gasteiger partial charge >= 0.3 is 0 Å². The normalized spacial score (nSPS) is 12.2. The van der Waals surface area contributed by atoms with E-state index in [1.165, 1.54) is 6.07 Å². The van der Waals surface area contributed by atoms with Crippen LogP contribution in [0, 0.1) is 12.7 Å². The zero-order valence-corrected chi connectivity index (χ0v) is 11.7. The van der Waals surface area contributed by atoms with Gasteiger partial charge in [-0.1, -0.05) is 29.8 Å². The van der Waals surface area contributed by atoms with Gasteiger partial charge in [-0.15, -0.1) is 0 Å². The molecule has 1 atom stereocenters. The monoisotopic (exact) mass is 278 g/mol. The van der Waals surface area contributed by atoms with Gasteiger partial charge in [0.05, 0.1) is 11.4 Å². The van der Waals surface area contributed by atoms with E-state index in [0.717, 1.165) is 11.4 Å². The fraction of sp³-hybridized carbons (Fsp3) is 0.267. The fourth-order valence-corrected chi connectivity index (χ4v) is 2.18. The van der Waals surface area contributed by atoms with Crippen LogP contribution in [0.3, 0.4) is 0 Å². The van der Waals surface area contributed by atoms with Crippen LogP contribution in [-0.2, 0) is 6.42 Å². The third kappa shape index (κ3) is 3.67. The van der Waals surface area contributed by atoms with E-state index in [-0.39, 0.29) is 11.9 Å². The van der Waals surface area contributed by atoms with Gasteiger partial charge in [0.2, 0.25) is 0 Å². The number of rotatable bonds is 4. The van der Waals surface area contributed by atoms with Gasteiger partial charge in [0.25, 0.3) is 0 Å². The van der Waals surface area contributed by atoms with E-state index in [1.807, 2.05) is 26.0 Å². The van der Waals surface area contributed by atoms with E-state index >= 15 is 0 Å². The van der Waals surface area contributed by atoms with E-state index in [0.29, 0.717) is 17.1 Å². The van der Waals surface area contributed by atoms with Crippen molar-refractivity contribution in [3.63, 3.8) is 0 Å². The smallest absolute Gasteiger partial charge is 0.129 e. The van der Waals surface area contributed by atoms with Crippen molar-refractivity contribution in [3.8, 4) is 0 Å². The van der Waals surface area contributed by atoms with Crippen LogP contribution in [0.1, 0.15) is 18.2 Å². The molecule has 1 unspecified atom stereocenters. The minimum atomic E-state index is -0.165. The van der Waals surface area contributed by atoms with Crippen LogP contribution >= 0.6 is 11.6 Å². The van der Waals surface area contributed by atoms with Crippen LogP contribution in [0.15, 0.2) is 36.4 Å². The molecule has 0 radical (unpaired) electrons. The lowest BCUT2D eigenvalue weighted by Gasteiger charge is -2.17. The Morgan fingerprint density at radius 1 is 1.26 bits per heavy atom. The summed E-state index contributed by atoms with van der Waals surface area (Å²) < 4.78 is 13.6. The van der Waals surface area contributed by atoms with Gasteiger partial charge in [0.15, 0.2) is 0 Å². The van der Waals surface area contributed by atoms with E-state index in [9.17, 15) is 4.39 Å². The average Bonchev–Trinajstić information content (AvgIpc) is 2.36. The zero-order valence-electron chi connectivity index (χ0n) is 11.0. The maximum absolute atomic E-state index is 13.6. The van der Waals surface area contributed by atoms with Crippen molar-refractivity contribution < 1.29 is 4.39 Å². The molecule has 0 aliphatic heterocycles. The highest BCUT2D eigenvalue weighted by Crippen LogP contribution is 2.18. The quantitative estimate of drug-likeness (QED) is 0.847. The number of benzene rings is 1. The van der Waals surface area contributed by atoms with E-state index in [2.05, 4.69) is 10.3 Å². The van der Waals surface area contributed by atoms with Crippen molar-refractivity contribution in [1.82, 2.24) is 4.98 Å². The van der Waals surface area contributed by atoms with Gasteiger partial charge < -0.3 is 5.32 Å². The number of nitrogens with zero attached hydrogens (tertiary/aromatic N) is 1. The molecule has 0 fully saturated rings. The summed E-state index contributed by atoms with van der Waals surface area (Å²) >= 11 is 5.82. The summed E-state index contributed by atoms with van der Waals surface area (Å²) in [6, 6.07) is 10.6. The van der Waals surface area contributed by atoms with E-state index in [1.54, 1.807) is 18.2 Å². The van der Waals surface area contributed by atoms with Crippen LogP contribution in [0.5, 0.6) is 0 Å². The van der Waals surface area contributed by atoms with Crippen LogP contribution < -0.4 is 5.32 Å². The van der Waals surface area contributed by atoms with Crippen molar-refractivity contribution in [3.05, 3.63) is 58.6 Å². The van der Waals surface area contributed by atoms with Crippen molar-refractivity contribution in [2.45, 2.75) is 26.3 Å². The molecule has 0 saturated carbocycles. The Morgan fingerprint density at radius 2 is 2.00 bits per heavy atom. The topological polar surface area (TPSA) is 24.9 Å². The van der Waals surface area contributed by atoms with Crippen LogP contribution in [0.4, 0.5) is 10.1 Å². The first-order valence-corrected chi connectivity index (χ1v) is 6.57. The first-order chi connectivity index (χ1) is 9.06. The highest BCUT2D eigenvalue weighted by atomic mass is 35.5.